The van der Waals surface area contributed by atoms with Crippen LogP contribution in [0.3, 0.4) is 0 Å². The topological polar surface area (TPSA) is 3.01 Å². The minimum Gasteiger partial charge on any atom is -0.354 e. The van der Waals surface area contributed by atoms with E-state index >= 15 is 0 Å². The van der Waals surface area contributed by atoms with Gasteiger partial charge in [-0.1, -0.05) is 55.5 Å². The Labute approximate surface area is 109 Å². The van der Waals surface area contributed by atoms with Crippen LogP contribution >= 0.6 is 0 Å². The molecule has 0 spiro atoms. The minimum absolute atomic E-state index is 0.267. The van der Waals surface area contributed by atoms with Crippen molar-refractivity contribution >= 4 is 5.69 Å². The van der Waals surface area contributed by atoms with Crippen LogP contribution in [0.4, 0.5) is 5.69 Å². The van der Waals surface area contributed by atoms with E-state index in [1.165, 1.54) is 17.7 Å². The summed E-state index contributed by atoms with van der Waals surface area (Å²) in [5, 5.41) is 0. The first-order chi connectivity index (χ1) is 8.77. The summed E-state index contributed by atoms with van der Waals surface area (Å²) < 4.78 is 0. The third-order valence-corrected chi connectivity index (χ3v) is 4.20. The van der Waals surface area contributed by atoms with Crippen LogP contribution in [0.15, 0.2) is 60.7 Å². The normalized spacial score (nSPS) is 26.1. The summed E-state index contributed by atoms with van der Waals surface area (Å²) in [5.41, 5.74) is 3.02. The van der Waals surface area contributed by atoms with E-state index in [1.807, 2.05) is 0 Å². The van der Waals surface area contributed by atoms with Crippen molar-refractivity contribution in [3.8, 4) is 0 Å². The average Bonchev–Trinajstić information content (AvgIpc) is 3.08. The van der Waals surface area contributed by atoms with Crippen LogP contribution in [0.25, 0.3) is 0 Å². The molecule has 2 aromatic carbocycles. The molecule has 0 aromatic heterocycles. The van der Waals surface area contributed by atoms with E-state index < -0.39 is 0 Å². The predicted molar refractivity (Wildman–Crippen MR) is 76.8 cm³/mol. The highest BCUT2D eigenvalue weighted by atomic mass is 15.4. The van der Waals surface area contributed by atoms with Crippen molar-refractivity contribution in [2.45, 2.75) is 31.8 Å². The molecule has 0 bridgehead atoms. The van der Waals surface area contributed by atoms with E-state index in [-0.39, 0.29) is 5.54 Å². The molecule has 2 atom stereocenters. The second kappa shape index (κ2) is 4.16. The number of hydrogen-bond acceptors (Lipinski definition) is 1. The van der Waals surface area contributed by atoms with Crippen molar-refractivity contribution in [2.75, 3.05) is 4.90 Å². The molecule has 92 valence electrons. The van der Waals surface area contributed by atoms with Crippen molar-refractivity contribution < 1.29 is 0 Å². The maximum absolute atomic E-state index is 2.53. The minimum atomic E-state index is 0.267. The fourth-order valence-corrected chi connectivity index (χ4v) is 2.97. The molecule has 1 fully saturated rings. The molecule has 0 radical (unpaired) electrons. The van der Waals surface area contributed by atoms with Crippen molar-refractivity contribution in [1.82, 2.24) is 0 Å². The number of anilines is 1. The van der Waals surface area contributed by atoms with Gasteiger partial charge in [0.15, 0.2) is 0 Å². The zero-order chi connectivity index (χ0) is 12.6. The SMILES string of the molecule is CC[C@]1(C)[C@@H](c2ccccc2)N1c1ccccc1. The molecular weight excluding hydrogens is 218 g/mol. The zero-order valence-electron chi connectivity index (χ0n) is 11.0. The van der Waals surface area contributed by atoms with Crippen molar-refractivity contribution in [3.05, 3.63) is 66.2 Å². The Kier molecular flexibility index (Phi) is 2.62. The van der Waals surface area contributed by atoms with Crippen molar-refractivity contribution in [2.24, 2.45) is 0 Å². The Morgan fingerprint density at radius 2 is 1.50 bits per heavy atom. The third-order valence-electron chi connectivity index (χ3n) is 4.20. The van der Waals surface area contributed by atoms with Crippen LogP contribution in [-0.4, -0.2) is 5.54 Å². The van der Waals surface area contributed by atoms with E-state index in [0.717, 1.165) is 0 Å². The van der Waals surface area contributed by atoms with Gasteiger partial charge in [0.05, 0.1) is 11.6 Å². The standard InChI is InChI=1S/C17H19N/c1-3-17(2)16(14-10-6-4-7-11-14)18(17)15-12-8-5-9-13-15/h4-13,16H,3H2,1-2H3/t16-,17-,18?/m1/s1. The summed E-state index contributed by atoms with van der Waals surface area (Å²) in [6.07, 6.45) is 1.17. The van der Waals surface area contributed by atoms with E-state index in [2.05, 4.69) is 79.4 Å². The molecule has 1 nitrogen and oxygen atoms in total. The highest BCUT2D eigenvalue weighted by molar-refractivity contribution is 5.62. The first kappa shape index (κ1) is 11.3. The van der Waals surface area contributed by atoms with Crippen LogP contribution in [0.1, 0.15) is 31.9 Å². The summed E-state index contributed by atoms with van der Waals surface area (Å²) in [5.74, 6) is 0. The Morgan fingerprint density at radius 3 is 2.06 bits per heavy atom. The third kappa shape index (κ3) is 1.62. The second-order valence-electron chi connectivity index (χ2n) is 5.23. The number of rotatable bonds is 3. The summed E-state index contributed by atoms with van der Waals surface area (Å²) in [6, 6.07) is 22.1. The molecule has 1 saturated heterocycles. The first-order valence-electron chi connectivity index (χ1n) is 6.66. The van der Waals surface area contributed by atoms with E-state index in [0.29, 0.717) is 6.04 Å². The second-order valence-corrected chi connectivity index (χ2v) is 5.23. The van der Waals surface area contributed by atoms with Gasteiger partial charge in [-0.25, -0.2) is 0 Å². The predicted octanol–water partition coefficient (Wildman–Crippen LogP) is 4.42. The van der Waals surface area contributed by atoms with Gasteiger partial charge in [0.1, 0.15) is 0 Å². The summed E-state index contributed by atoms with van der Waals surface area (Å²) in [6.45, 7) is 4.64. The highest BCUT2D eigenvalue weighted by Gasteiger charge is 2.58. The van der Waals surface area contributed by atoms with Gasteiger partial charge in [-0.05, 0) is 31.0 Å². The van der Waals surface area contributed by atoms with Crippen molar-refractivity contribution in [3.63, 3.8) is 0 Å². The van der Waals surface area contributed by atoms with Gasteiger partial charge in [0, 0.05) is 5.69 Å². The molecule has 2 aromatic rings. The van der Waals surface area contributed by atoms with Crippen LogP contribution in [0, 0.1) is 0 Å². The smallest absolute Gasteiger partial charge is 0.0778 e. The lowest BCUT2D eigenvalue weighted by Crippen LogP contribution is -2.11. The summed E-state index contributed by atoms with van der Waals surface area (Å²) in [4.78, 5) is 2.53. The zero-order valence-corrected chi connectivity index (χ0v) is 11.0. The Hall–Kier alpha value is -1.76. The molecule has 1 heteroatoms. The summed E-state index contributed by atoms with van der Waals surface area (Å²) in [7, 11) is 0. The summed E-state index contributed by atoms with van der Waals surface area (Å²) >= 11 is 0. The molecule has 0 amide bonds. The van der Waals surface area contributed by atoms with E-state index in [4.69, 9.17) is 0 Å². The van der Waals surface area contributed by atoms with Crippen LogP contribution in [-0.2, 0) is 0 Å². The van der Waals surface area contributed by atoms with Gasteiger partial charge in [0.2, 0.25) is 0 Å². The fourth-order valence-electron chi connectivity index (χ4n) is 2.97. The molecule has 1 aliphatic heterocycles. The van der Waals surface area contributed by atoms with Gasteiger partial charge in [-0.15, -0.1) is 0 Å². The maximum atomic E-state index is 2.53. The number of para-hydroxylation sites is 1. The lowest BCUT2D eigenvalue weighted by molar-refractivity contribution is 0.658. The van der Waals surface area contributed by atoms with Gasteiger partial charge in [0.25, 0.3) is 0 Å². The van der Waals surface area contributed by atoms with E-state index in [9.17, 15) is 0 Å². The Morgan fingerprint density at radius 1 is 0.944 bits per heavy atom. The van der Waals surface area contributed by atoms with Crippen LogP contribution in [0.2, 0.25) is 0 Å². The average molecular weight is 237 g/mol. The largest absolute Gasteiger partial charge is 0.354 e. The number of benzene rings is 2. The first-order valence-corrected chi connectivity index (χ1v) is 6.66. The molecule has 1 heterocycles. The Balaban J connectivity index is 1.97. The molecule has 0 aliphatic carbocycles. The highest BCUT2D eigenvalue weighted by Crippen LogP contribution is 2.57. The van der Waals surface area contributed by atoms with Crippen molar-refractivity contribution in [1.29, 1.82) is 0 Å². The van der Waals surface area contributed by atoms with Gasteiger partial charge >= 0.3 is 0 Å². The fraction of sp³-hybridized carbons (Fsp3) is 0.294. The van der Waals surface area contributed by atoms with Gasteiger partial charge in [-0.3, -0.25) is 0 Å². The molecular formula is C17H19N. The molecule has 18 heavy (non-hydrogen) atoms. The van der Waals surface area contributed by atoms with E-state index in [1.54, 1.807) is 0 Å². The van der Waals surface area contributed by atoms with Gasteiger partial charge in [-0.2, -0.15) is 0 Å². The van der Waals surface area contributed by atoms with Crippen LogP contribution in [0.5, 0.6) is 0 Å². The molecule has 1 aliphatic rings. The number of nitrogens with zero attached hydrogens (tertiary/aromatic N) is 1. The quantitative estimate of drug-likeness (QED) is 0.714. The lowest BCUT2D eigenvalue weighted by atomic mass is 9.99. The molecule has 0 unspecified atom stereocenters. The monoisotopic (exact) mass is 237 g/mol. The maximum Gasteiger partial charge on any atom is 0.0778 e. The van der Waals surface area contributed by atoms with Crippen LogP contribution < -0.4 is 4.90 Å². The Bertz CT molecular complexity index is 472. The number of hydrogen-bond donors (Lipinski definition) is 0. The molecule has 0 N–H and O–H groups in total. The molecule has 3 rings (SSSR count). The molecule has 0 saturated carbocycles. The lowest BCUT2D eigenvalue weighted by Gasteiger charge is -2.10. The van der Waals surface area contributed by atoms with Gasteiger partial charge < -0.3 is 4.90 Å².